The predicted octanol–water partition coefficient (Wildman–Crippen LogP) is 2.79. The maximum Gasteiger partial charge on any atom is 0.253 e. The summed E-state index contributed by atoms with van der Waals surface area (Å²) < 4.78 is 0. The highest BCUT2D eigenvalue weighted by atomic mass is 16.2. The van der Waals surface area contributed by atoms with E-state index in [1.807, 2.05) is 0 Å². The third kappa shape index (κ3) is 6.14. The Labute approximate surface area is 158 Å². The lowest BCUT2D eigenvalue weighted by atomic mass is 10.2. The van der Waals surface area contributed by atoms with Gasteiger partial charge in [0.05, 0.1) is 6.54 Å². The molecule has 7 nitrogen and oxygen atoms in total. The number of rotatable bonds is 7. The topological polar surface area (TPSA) is 90.5 Å². The van der Waals surface area contributed by atoms with Crippen LogP contribution in [-0.2, 0) is 9.59 Å². The van der Waals surface area contributed by atoms with Gasteiger partial charge in [0, 0.05) is 43.1 Å². The van der Waals surface area contributed by atoms with Crippen LogP contribution >= 0.6 is 0 Å². The van der Waals surface area contributed by atoms with Crippen LogP contribution in [0.2, 0.25) is 0 Å². The van der Waals surface area contributed by atoms with E-state index >= 15 is 0 Å². The van der Waals surface area contributed by atoms with Crippen LogP contribution in [-0.4, -0.2) is 43.3 Å². The quantitative estimate of drug-likeness (QED) is 0.701. The fraction of sp³-hybridized carbons (Fsp3) is 0.250. The molecule has 2 aromatic rings. The number of hydrogen-bond donors (Lipinski definition) is 3. The lowest BCUT2D eigenvalue weighted by molar-refractivity contribution is -0.116. The van der Waals surface area contributed by atoms with Gasteiger partial charge >= 0.3 is 0 Å². The summed E-state index contributed by atoms with van der Waals surface area (Å²) in [6, 6.07) is 13.9. The number of nitrogens with one attached hydrogen (secondary N) is 3. The number of benzene rings is 2. The molecule has 0 atom stereocenters. The minimum Gasteiger partial charge on any atom is -0.376 e. The van der Waals surface area contributed by atoms with Crippen molar-refractivity contribution in [3.05, 3.63) is 54.1 Å². The Morgan fingerprint density at radius 3 is 2.11 bits per heavy atom. The highest BCUT2D eigenvalue weighted by Gasteiger charge is 2.09. The van der Waals surface area contributed by atoms with E-state index in [9.17, 15) is 14.4 Å². The first-order chi connectivity index (χ1) is 12.9. The maximum absolute atomic E-state index is 12.1. The van der Waals surface area contributed by atoms with Gasteiger partial charge in [0.15, 0.2) is 0 Å². The van der Waals surface area contributed by atoms with Crippen molar-refractivity contribution in [3.63, 3.8) is 0 Å². The molecular weight excluding hydrogens is 344 g/mol. The van der Waals surface area contributed by atoms with Gasteiger partial charge in [-0.1, -0.05) is 13.0 Å². The SMILES string of the molecule is CCC(=O)Nc1ccc(NCC(=O)Nc2cccc(C(=O)N(C)C)c2)cc1. The van der Waals surface area contributed by atoms with E-state index < -0.39 is 0 Å². The molecular formula is C20H24N4O3. The van der Waals surface area contributed by atoms with E-state index in [0.29, 0.717) is 23.4 Å². The van der Waals surface area contributed by atoms with Crippen LogP contribution in [0.4, 0.5) is 17.1 Å². The third-order valence-electron chi connectivity index (χ3n) is 3.74. The highest BCUT2D eigenvalue weighted by Crippen LogP contribution is 2.14. The van der Waals surface area contributed by atoms with Crippen molar-refractivity contribution in [2.75, 3.05) is 36.6 Å². The summed E-state index contributed by atoms with van der Waals surface area (Å²) >= 11 is 0. The molecule has 27 heavy (non-hydrogen) atoms. The molecule has 0 aliphatic heterocycles. The maximum atomic E-state index is 12.1. The molecule has 0 heterocycles. The molecule has 3 N–H and O–H groups in total. The first-order valence-electron chi connectivity index (χ1n) is 8.64. The van der Waals surface area contributed by atoms with Crippen LogP contribution in [0, 0.1) is 0 Å². The number of carbonyl (C=O) groups is 3. The molecule has 0 saturated carbocycles. The average molecular weight is 368 g/mol. The Kier molecular flexibility index (Phi) is 6.93. The van der Waals surface area contributed by atoms with Crippen molar-refractivity contribution < 1.29 is 14.4 Å². The molecule has 0 unspecified atom stereocenters. The van der Waals surface area contributed by atoms with E-state index in [1.165, 1.54) is 4.90 Å². The normalized spacial score (nSPS) is 10.0. The monoisotopic (exact) mass is 368 g/mol. The second kappa shape index (κ2) is 9.38. The molecule has 0 aliphatic carbocycles. The smallest absolute Gasteiger partial charge is 0.253 e. The van der Waals surface area contributed by atoms with Gasteiger partial charge in [-0.2, -0.15) is 0 Å². The number of hydrogen-bond acceptors (Lipinski definition) is 4. The molecule has 3 amide bonds. The van der Waals surface area contributed by atoms with Crippen molar-refractivity contribution in [2.24, 2.45) is 0 Å². The Hall–Kier alpha value is -3.35. The lowest BCUT2D eigenvalue weighted by Gasteiger charge is -2.12. The Morgan fingerprint density at radius 2 is 1.48 bits per heavy atom. The van der Waals surface area contributed by atoms with Gasteiger partial charge in [0.25, 0.3) is 5.91 Å². The van der Waals surface area contributed by atoms with Crippen molar-refractivity contribution in [2.45, 2.75) is 13.3 Å². The van der Waals surface area contributed by atoms with Crippen LogP contribution in [0.3, 0.4) is 0 Å². The molecule has 2 aromatic carbocycles. The number of amides is 3. The summed E-state index contributed by atoms with van der Waals surface area (Å²) in [5, 5.41) is 8.54. The lowest BCUT2D eigenvalue weighted by Crippen LogP contribution is -2.23. The largest absolute Gasteiger partial charge is 0.376 e. The van der Waals surface area contributed by atoms with Gasteiger partial charge < -0.3 is 20.9 Å². The van der Waals surface area contributed by atoms with Crippen LogP contribution in [0.25, 0.3) is 0 Å². The number of anilines is 3. The summed E-state index contributed by atoms with van der Waals surface area (Å²) in [6.45, 7) is 1.86. The molecule has 0 aromatic heterocycles. The Bertz CT molecular complexity index is 816. The third-order valence-corrected chi connectivity index (χ3v) is 3.74. The van der Waals surface area contributed by atoms with E-state index in [1.54, 1.807) is 69.6 Å². The summed E-state index contributed by atoms with van der Waals surface area (Å²) in [5.41, 5.74) is 2.54. The molecule has 7 heteroatoms. The molecule has 2 rings (SSSR count). The zero-order valence-corrected chi connectivity index (χ0v) is 15.7. The van der Waals surface area contributed by atoms with Gasteiger partial charge in [-0.05, 0) is 42.5 Å². The molecule has 0 fully saturated rings. The zero-order valence-electron chi connectivity index (χ0n) is 15.7. The molecule has 0 bridgehead atoms. The zero-order chi connectivity index (χ0) is 19.8. The molecule has 142 valence electrons. The van der Waals surface area contributed by atoms with Crippen molar-refractivity contribution >= 4 is 34.8 Å². The van der Waals surface area contributed by atoms with Crippen molar-refractivity contribution in [1.82, 2.24) is 4.90 Å². The Balaban J connectivity index is 1.88. The molecule has 0 spiro atoms. The minimum absolute atomic E-state index is 0.0509. The van der Waals surface area contributed by atoms with E-state index in [4.69, 9.17) is 0 Å². The molecule has 0 saturated heterocycles. The van der Waals surface area contributed by atoms with Crippen LogP contribution in [0.5, 0.6) is 0 Å². The van der Waals surface area contributed by atoms with E-state index in [0.717, 1.165) is 5.69 Å². The van der Waals surface area contributed by atoms with E-state index in [-0.39, 0.29) is 24.3 Å². The van der Waals surface area contributed by atoms with Gasteiger partial charge in [-0.15, -0.1) is 0 Å². The van der Waals surface area contributed by atoms with Gasteiger partial charge in [-0.25, -0.2) is 0 Å². The number of carbonyl (C=O) groups excluding carboxylic acids is 3. The first kappa shape index (κ1) is 20.0. The van der Waals surface area contributed by atoms with Crippen molar-refractivity contribution in [1.29, 1.82) is 0 Å². The molecule has 0 radical (unpaired) electrons. The minimum atomic E-state index is -0.229. The summed E-state index contributed by atoms with van der Waals surface area (Å²) in [7, 11) is 3.35. The fourth-order valence-electron chi connectivity index (χ4n) is 2.30. The fourth-order valence-corrected chi connectivity index (χ4v) is 2.30. The standard InChI is InChI=1S/C20H24N4O3/c1-4-18(25)22-16-10-8-15(9-11-16)21-13-19(26)23-17-7-5-6-14(12-17)20(27)24(2)3/h5-12,21H,4,13H2,1-3H3,(H,22,25)(H,23,26). The molecule has 0 aliphatic rings. The average Bonchev–Trinajstić information content (AvgIpc) is 2.66. The summed E-state index contributed by atoms with van der Waals surface area (Å²) in [4.78, 5) is 36.9. The van der Waals surface area contributed by atoms with Crippen LogP contribution in [0.15, 0.2) is 48.5 Å². The second-order valence-electron chi connectivity index (χ2n) is 6.16. The Morgan fingerprint density at radius 1 is 0.852 bits per heavy atom. The highest BCUT2D eigenvalue weighted by molar-refractivity contribution is 5.98. The van der Waals surface area contributed by atoms with E-state index in [2.05, 4.69) is 16.0 Å². The summed E-state index contributed by atoms with van der Waals surface area (Å²) in [5.74, 6) is -0.405. The first-order valence-corrected chi connectivity index (χ1v) is 8.64. The van der Waals surface area contributed by atoms with Gasteiger partial charge in [0.1, 0.15) is 0 Å². The van der Waals surface area contributed by atoms with Gasteiger partial charge in [-0.3, -0.25) is 14.4 Å². The number of nitrogens with zero attached hydrogens (tertiary/aromatic N) is 1. The van der Waals surface area contributed by atoms with Crippen LogP contribution in [0.1, 0.15) is 23.7 Å². The van der Waals surface area contributed by atoms with Crippen LogP contribution < -0.4 is 16.0 Å². The predicted molar refractivity (Wildman–Crippen MR) is 107 cm³/mol. The second-order valence-corrected chi connectivity index (χ2v) is 6.16. The van der Waals surface area contributed by atoms with Crippen molar-refractivity contribution in [3.8, 4) is 0 Å². The summed E-state index contributed by atoms with van der Waals surface area (Å²) in [6.07, 6.45) is 0.418. The van der Waals surface area contributed by atoms with Gasteiger partial charge in [0.2, 0.25) is 11.8 Å².